The zero-order valence-electron chi connectivity index (χ0n) is 17.9. The Bertz CT molecular complexity index is 1350. The maximum atomic E-state index is 12.0. The van der Waals surface area contributed by atoms with Gasteiger partial charge in [-0.3, -0.25) is 4.79 Å². The Morgan fingerprint density at radius 2 is 1.97 bits per heavy atom. The van der Waals surface area contributed by atoms with E-state index in [4.69, 9.17) is 4.74 Å². The maximum Gasteiger partial charge on any atom is 0.253 e. The molecule has 1 aliphatic rings. The minimum Gasteiger partial charge on any atom is -0.477 e. The summed E-state index contributed by atoms with van der Waals surface area (Å²) in [6.07, 6.45) is 4.28. The average Bonchev–Trinajstić information content (AvgIpc) is 3.54. The van der Waals surface area contributed by atoms with Gasteiger partial charge in [0.15, 0.2) is 0 Å². The topological polar surface area (TPSA) is 69.9 Å². The van der Waals surface area contributed by atoms with Crippen LogP contribution >= 0.6 is 0 Å². The first-order valence-corrected chi connectivity index (χ1v) is 10.5. The van der Waals surface area contributed by atoms with E-state index in [0.717, 1.165) is 6.42 Å². The van der Waals surface area contributed by atoms with Crippen LogP contribution in [-0.2, 0) is 7.05 Å². The molecule has 4 aromatic rings. The highest BCUT2D eigenvalue weighted by Crippen LogP contribution is 2.49. The summed E-state index contributed by atoms with van der Waals surface area (Å²) in [6, 6.07) is 14.5. The largest absolute Gasteiger partial charge is 0.477 e. The first kappa shape index (κ1) is 19.4. The lowest BCUT2D eigenvalue weighted by atomic mass is 9.96. The van der Waals surface area contributed by atoms with Gasteiger partial charge in [-0.05, 0) is 48.1 Å². The van der Waals surface area contributed by atoms with E-state index in [1.165, 1.54) is 38.9 Å². The van der Waals surface area contributed by atoms with Crippen LogP contribution in [0.25, 0.3) is 22.0 Å². The van der Waals surface area contributed by atoms with Crippen molar-refractivity contribution in [1.29, 1.82) is 0 Å². The molecule has 0 aliphatic heterocycles. The maximum absolute atomic E-state index is 12.0. The SMILES string of the molecule is Cc1ncc(-c2cc(=O)n(C)cn2)c(OCC2CC2c2ccc3ccccc3c2C)n1. The molecular formula is C25H24N4O2. The summed E-state index contributed by atoms with van der Waals surface area (Å²) in [5, 5.41) is 2.59. The van der Waals surface area contributed by atoms with Crippen molar-refractivity contribution in [3.05, 3.63) is 82.3 Å². The zero-order chi connectivity index (χ0) is 21.5. The van der Waals surface area contributed by atoms with E-state index in [9.17, 15) is 4.79 Å². The van der Waals surface area contributed by atoms with Gasteiger partial charge >= 0.3 is 0 Å². The number of aryl methyl sites for hydroxylation is 3. The molecule has 0 bridgehead atoms. The summed E-state index contributed by atoms with van der Waals surface area (Å²) in [7, 11) is 1.67. The summed E-state index contributed by atoms with van der Waals surface area (Å²) < 4.78 is 7.58. The number of nitrogens with zero attached hydrogens (tertiary/aromatic N) is 4. The second-order valence-corrected chi connectivity index (χ2v) is 8.27. The number of hydrogen-bond donors (Lipinski definition) is 0. The molecule has 1 saturated carbocycles. The smallest absolute Gasteiger partial charge is 0.253 e. The molecule has 2 aromatic heterocycles. The van der Waals surface area contributed by atoms with E-state index >= 15 is 0 Å². The van der Waals surface area contributed by atoms with Crippen LogP contribution in [0.3, 0.4) is 0 Å². The van der Waals surface area contributed by atoms with E-state index in [1.807, 2.05) is 6.92 Å². The van der Waals surface area contributed by atoms with Crippen LogP contribution in [-0.4, -0.2) is 26.1 Å². The van der Waals surface area contributed by atoms with Crippen LogP contribution in [0, 0.1) is 19.8 Å². The fourth-order valence-electron chi connectivity index (χ4n) is 4.19. The lowest BCUT2D eigenvalue weighted by Crippen LogP contribution is -2.16. The molecule has 0 N–H and O–H groups in total. The van der Waals surface area contributed by atoms with Crippen LogP contribution in [0.4, 0.5) is 0 Å². The van der Waals surface area contributed by atoms with E-state index in [0.29, 0.717) is 41.4 Å². The summed E-state index contributed by atoms with van der Waals surface area (Å²) >= 11 is 0. The second kappa shape index (κ2) is 7.61. The number of rotatable bonds is 5. The van der Waals surface area contributed by atoms with Crippen molar-refractivity contribution in [3.63, 3.8) is 0 Å². The Hall–Kier alpha value is -3.54. The van der Waals surface area contributed by atoms with Gasteiger partial charge in [-0.25, -0.2) is 9.97 Å². The standard InChI is InChI=1S/C25H24N4O2/c1-15-19-7-5-4-6-17(19)8-9-20(15)21-10-18(21)13-31-25-22(12-26-16(2)28-25)23-11-24(30)29(3)14-27-23/h4-9,11-12,14,18,21H,10,13H2,1-3H3. The monoisotopic (exact) mass is 412 g/mol. The summed E-state index contributed by atoms with van der Waals surface area (Å²) in [6.45, 7) is 4.61. The van der Waals surface area contributed by atoms with E-state index in [1.54, 1.807) is 13.2 Å². The van der Waals surface area contributed by atoms with Gasteiger partial charge in [-0.2, -0.15) is 4.98 Å². The van der Waals surface area contributed by atoms with Gasteiger partial charge in [0.05, 0.1) is 24.2 Å². The van der Waals surface area contributed by atoms with Gasteiger partial charge in [0.1, 0.15) is 5.82 Å². The Morgan fingerprint density at radius 3 is 2.81 bits per heavy atom. The Balaban J connectivity index is 1.36. The Kier molecular flexibility index (Phi) is 4.77. The van der Waals surface area contributed by atoms with Gasteiger partial charge < -0.3 is 9.30 Å². The molecular weight excluding hydrogens is 388 g/mol. The van der Waals surface area contributed by atoms with Gasteiger partial charge in [0, 0.05) is 25.2 Å². The zero-order valence-corrected chi connectivity index (χ0v) is 17.9. The first-order chi connectivity index (χ1) is 15.0. The molecule has 2 aromatic carbocycles. The molecule has 5 rings (SSSR count). The van der Waals surface area contributed by atoms with Crippen molar-refractivity contribution >= 4 is 10.8 Å². The minimum absolute atomic E-state index is 0.134. The van der Waals surface area contributed by atoms with E-state index in [-0.39, 0.29) is 5.56 Å². The molecule has 31 heavy (non-hydrogen) atoms. The van der Waals surface area contributed by atoms with Crippen LogP contribution < -0.4 is 10.3 Å². The van der Waals surface area contributed by atoms with Crippen LogP contribution in [0.2, 0.25) is 0 Å². The third-order valence-electron chi connectivity index (χ3n) is 6.12. The molecule has 0 spiro atoms. The number of fused-ring (bicyclic) bond motifs is 1. The first-order valence-electron chi connectivity index (χ1n) is 10.5. The predicted octanol–water partition coefficient (Wildman–Crippen LogP) is 4.19. The molecule has 6 nitrogen and oxygen atoms in total. The average molecular weight is 412 g/mol. The molecule has 156 valence electrons. The van der Waals surface area contributed by atoms with Crippen molar-refractivity contribution in [2.75, 3.05) is 6.61 Å². The summed E-state index contributed by atoms with van der Waals surface area (Å²) in [5.41, 5.74) is 3.79. The lowest BCUT2D eigenvalue weighted by molar-refractivity contribution is 0.286. The van der Waals surface area contributed by atoms with Crippen molar-refractivity contribution < 1.29 is 4.74 Å². The molecule has 2 heterocycles. The number of benzene rings is 2. The van der Waals surface area contributed by atoms with Gasteiger partial charge in [-0.15, -0.1) is 0 Å². The predicted molar refractivity (Wildman–Crippen MR) is 120 cm³/mol. The third-order valence-corrected chi connectivity index (χ3v) is 6.12. The molecule has 2 unspecified atom stereocenters. The van der Waals surface area contributed by atoms with Gasteiger partial charge in [-0.1, -0.05) is 36.4 Å². The van der Waals surface area contributed by atoms with Crippen molar-refractivity contribution in [2.24, 2.45) is 13.0 Å². The molecule has 2 atom stereocenters. The highest BCUT2D eigenvalue weighted by Gasteiger charge is 2.40. The van der Waals surface area contributed by atoms with Crippen molar-refractivity contribution in [2.45, 2.75) is 26.2 Å². The number of hydrogen-bond acceptors (Lipinski definition) is 5. The van der Waals surface area contributed by atoms with E-state index in [2.05, 4.69) is 58.3 Å². The molecule has 0 saturated heterocycles. The van der Waals surface area contributed by atoms with Crippen molar-refractivity contribution in [3.8, 4) is 17.1 Å². The highest BCUT2D eigenvalue weighted by atomic mass is 16.5. The number of ether oxygens (including phenoxy) is 1. The quantitative estimate of drug-likeness (QED) is 0.492. The second-order valence-electron chi connectivity index (χ2n) is 8.27. The fraction of sp³-hybridized carbons (Fsp3) is 0.280. The van der Waals surface area contributed by atoms with Crippen LogP contribution in [0.1, 0.15) is 29.3 Å². The Labute approximate surface area is 180 Å². The van der Waals surface area contributed by atoms with Crippen LogP contribution in [0.5, 0.6) is 5.88 Å². The summed E-state index contributed by atoms with van der Waals surface area (Å²) in [5.74, 6) is 2.05. The lowest BCUT2D eigenvalue weighted by Gasteiger charge is -2.12. The van der Waals surface area contributed by atoms with Crippen LogP contribution in [0.15, 0.2) is 59.8 Å². The molecule has 0 radical (unpaired) electrons. The third kappa shape index (κ3) is 3.69. The van der Waals surface area contributed by atoms with Gasteiger partial charge in [0.2, 0.25) is 5.88 Å². The molecule has 1 fully saturated rings. The minimum atomic E-state index is -0.134. The number of aromatic nitrogens is 4. The van der Waals surface area contributed by atoms with Gasteiger partial charge in [0.25, 0.3) is 5.56 Å². The molecule has 1 aliphatic carbocycles. The van der Waals surface area contributed by atoms with Crippen molar-refractivity contribution in [1.82, 2.24) is 19.5 Å². The fourth-order valence-corrected chi connectivity index (χ4v) is 4.19. The Morgan fingerprint density at radius 1 is 1.13 bits per heavy atom. The molecule has 6 heteroatoms. The summed E-state index contributed by atoms with van der Waals surface area (Å²) in [4.78, 5) is 25.1. The molecule has 0 amide bonds. The highest BCUT2D eigenvalue weighted by molar-refractivity contribution is 5.86. The normalized spacial score (nSPS) is 17.6. The van der Waals surface area contributed by atoms with E-state index < -0.39 is 0 Å².